The summed E-state index contributed by atoms with van der Waals surface area (Å²) in [7, 11) is 1.59. The number of carbonyl (C=O) groups excluding carboxylic acids is 1. The van der Waals surface area contributed by atoms with Crippen LogP contribution < -0.4 is 10.1 Å². The molecule has 0 radical (unpaired) electrons. The zero-order valence-electron chi connectivity index (χ0n) is 13.6. The number of amides is 1. The molecule has 1 heterocycles. The lowest BCUT2D eigenvalue weighted by molar-refractivity contribution is 0.102. The molecule has 0 unspecified atom stereocenters. The average molecular weight is 376 g/mol. The van der Waals surface area contributed by atoms with E-state index in [4.69, 9.17) is 27.9 Å². The van der Waals surface area contributed by atoms with Gasteiger partial charge in [-0.05, 0) is 43.3 Å². The first-order chi connectivity index (χ1) is 12.0. The highest BCUT2D eigenvalue weighted by atomic mass is 35.5. The molecule has 0 bridgehead atoms. The summed E-state index contributed by atoms with van der Waals surface area (Å²) in [5.74, 6) is 0.390. The minimum absolute atomic E-state index is 0.281. The molecule has 3 aromatic rings. The van der Waals surface area contributed by atoms with Crippen molar-refractivity contribution >= 4 is 34.8 Å². The minimum Gasteiger partial charge on any atom is -0.495 e. The van der Waals surface area contributed by atoms with Crippen LogP contribution in [0.1, 0.15) is 16.1 Å². The first kappa shape index (κ1) is 17.3. The van der Waals surface area contributed by atoms with Crippen molar-refractivity contribution in [2.45, 2.75) is 6.92 Å². The summed E-state index contributed by atoms with van der Waals surface area (Å²) >= 11 is 11.9. The molecule has 0 saturated heterocycles. The number of methoxy groups -OCH3 is 1. The van der Waals surface area contributed by atoms with Crippen LogP contribution in [0.15, 0.2) is 48.9 Å². The molecular weight excluding hydrogens is 361 g/mol. The Hall–Kier alpha value is -2.50. The molecule has 1 N–H and O–H groups in total. The molecule has 128 valence electrons. The molecule has 3 rings (SSSR count). The van der Waals surface area contributed by atoms with Crippen molar-refractivity contribution in [1.82, 2.24) is 9.55 Å². The second-order valence-corrected chi connectivity index (χ2v) is 6.21. The van der Waals surface area contributed by atoms with Crippen LogP contribution >= 0.6 is 23.2 Å². The Balaban J connectivity index is 1.90. The fraction of sp³-hybridized carbons (Fsp3) is 0.111. The van der Waals surface area contributed by atoms with Gasteiger partial charge in [-0.2, -0.15) is 0 Å². The van der Waals surface area contributed by atoms with Crippen molar-refractivity contribution < 1.29 is 9.53 Å². The van der Waals surface area contributed by atoms with E-state index in [-0.39, 0.29) is 5.91 Å². The second kappa shape index (κ2) is 7.17. The number of nitrogens with zero attached hydrogens (tertiary/aromatic N) is 2. The van der Waals surface area contributed by atoms with Crippen molar-refractivity contribution in [3.8, 4) is 11.4 Å². The molecule has 25 heavy (non-hydrogen) atoms. The summed E-state index contributed by atoms with van der Waals surface area (Å²) in [6.45, 7) is 1.90. The SMILES string of the molecule is COc1ccc(NC(=O)c2ccc(Cl)c(Cl)c2)cc1-n1cnc(C)c1. The van der Waals surface area contributed by atoms with Crippen LogP contribution in [0.2, 0.25) is 10.0 Å². The minimum atomic E-state index is -0.281. The van der Waals surface area contributed by atoms with E-state index >= 15 is 0 Å². The predicted octanol–water partition coefficient (Wildman–Crippen LogP) is 4.75. The summed E-state index contributed by atoms with van der Waals surface area (Å²) in [6, 6.07) is 10.1. The van der Waals surface area contributed by atoms with Crippen LogP contribution in [-0.2, 0) is 0 Å². The van der Waals surface area contributed by atoms with E-state index in [9.17, 15) is 4.79 Å². The van der Waals surface area contributed by atoms with E-state index in [1.807, 2.05) is 23.8 Å². The largest absolute Gasteiger partial charge is 0.495 e. The van der Waals surface area contributed by atoms with Crippen LogP contribution in [0, 0.1) is 6.92 Å². The van der Waals surface area contributed by atoms with Crippen molar-refractivity contribution in [2.24, 2.45) is 0 Å². The first-order valence-corrected chi connectivity index (χ1v) is 8.19. The number of ether oxygens (including phenoxy) is 1. The molecule has 2 aromatic carbocycles. The van der Waals surface area contributed by atoms with Crippen LogP contribution in [-0.4, -0.2) is 22.6 Å². The Morgan fingerprint density at radius 3 is 2.60 bits per heavy atom. The lowest BCUT2D eigenvalue weighted by atomic mass is 10.2. The topological polar surface area (TPSA) is 56.1 Å². The molecule has 0 fully saturated rings. The summed E-state index contributed by atoms with van der Waals surface area (Å²) in [4.78, 5) is 16.6. The normalized spacial score (nSPS) is 10.6. The van der Waals surface area contributed by atoms with Gasteiger partial charge in [-0.15, -0.1) is 0 Å². The fourth-order valence-corrected chi connectivity index (χ4v) is 2.66. The molecule has 0 aliphatic carbocycles. The molecule has 5 nitrogen and oxygen atoms in total. The van der Waals surface area contributed by atoms with Gasteiger partial charge in [0.15, 0.2) is 0 Å². The van der Waals surface area contributed by atoms with E-state index in [1.54, 1.807) is 37.7 Å². The highest BCUT2D eigenvalue weighted by Gasteiger charge is 2.12. The van der Waals surface area contributed by atoms with Gasteiger partial charge < -0.3 is 14.6 Å². The van der Waals surface area contributed by atoms with Crippen LogP contribution in [0.3, 0.4) is 0 Å². The Labute approximate surface area is 155 Å². The van der Waals surface area contributed by atoms with Gasteiger partial charge in [-0.1, -0.05) is 23.2 Å². The van der Waals surface area contributed by atoms with Crippen molar-refractivity contribution in [3.63, 3.8) is 0 Å². The fourth-order valence-electron chi connectivity index (χ4n) is 2.36. The van der Waals surface area contributed by atoms with Crippen molar-refractivity contribution in [3.05, 3.63) is 70.2 Å². The van der Waals surface area contributed by atoms with Crippen molar-refractivity contribution in [2.75, 3.05) is 12.4 Å². The number of imidazole rings is 1. The van der Waals surface area contributed by atoms with Gasteiger partial charge in [0.25, 0.3) is 5.91 Å². The van der Waals surface area contributed by atoms with Crippen LogP contribution in [0.25, 0.3) is 5.69 Å². The third-order valence-corrected chi connectivity index (χ3v) is 4.35. The molecular formula is C18H15Cl2N3O2. The number of benzene rings is 2. The third kappa shape index (κ3) is 3.78. The maximum atomic E-state index is 12.4. The first-order valence-electron chi connectivity index (χ1n) is 7.43. The second-order valence-electron chi connectivity index (χ2n) is 5.39. The van der Waals surface area contributed by atoms with Crippen LogP contribution in [0.5, 0.6) is 5.75 Å². The maximum absolute atomic E-state index is 12.4. The average Bonchev–Trinajstić information content (AvgIpc) is 3.03. The number of rotatable bonds is 4. The van der Waals surface area contributed by atoms with Gasteiger partial charge in [-0.25, -0.2) is 4.98 Å². The van der Waals surface area contributed by atoms with Gasteiger partial charge in [0.1, 0.15) is 5.75 Å². The standard InChI is InChI=1S/C18H15Cl2N3O2/c1-11-9-23(10-21-11)16-8-13(4-6-17(16)25-2)22-18(24)12-3-5-14(19)15(20)7-12/h3-10H,1-2H3,(H,22,24). The molecule has 0 spiro atoms. The Morgan fingerprint density at radius 2 is 1.96 bits per heavy atom. The smallest absolute Gasteiger partial charge is 0.255 e. The highest BCUT2D eigenvalue weighted by Crippen LogP contribution is 2.27. The van der Waals surface area contributed by atoms with Gasteiger partial charge >= 0.3 is 0 Å². The predicted molar refractivity (Wildman–Crippen MR) is 99.3 cm³/mol. The Morgan fingerprint density at radius 1 is 1.16 bits per heavy atom. The number of hydrogen-bond donors (Lipinski definition) is 1. The summed E-state index contributed by atoms with van der Waals surface area (Å²) in [5, 5.41) is 3.58. The quantitative estimate of drug-likeness (QED) is 0.715. The van der Waals surface area contributed by atoms with E-state index in [2.05, 4.69) is 10.3 Å². The zero-order chi connectivity index (χ0) is 18.0. The lowest BCUT2D eigenvalue weighted by Gasteiger charge is -2.12. The number of hydrogen-bond acceptors (Lipinski definition) is 3. The molecule has 0 saturated carbocycles. The van der Waals surface area contributed by atoms with Gasteiger partial charge in [0.2, 0.25) is 0 Å². The Kier molecular flexibility index (Phi) is 4.97. The molecule has 0 atom stereocenters. The molecule has 1 aromatic heterocycles. The molecule has 7 heteroatoms. The van der Waals surface area contributed by atoms with E-state index in [0.717, 1.165) is 11.4 Å². The summed E-state index contributed by atoms with van der Waals surface area (Å²) < 4.78 is 7.23. The lowest BCUT2D eigenvalue weighted by Crippen LogP contribution is -2.12. The number of aromatic nitrogens is 2. The summed E-state index contributed by atoms with van der Waals surface area (Å²) in [6.07, 6.45) is 3.57. The number of aryl methyl sites for hydroxylation is 1. The molecule has 0 aliphatic rings. The van der Waals surface area contributed by atoms with Crippen molar-refractivity contribution in [1.29, 1.82) is 0 Å². The number of carbonyl (C=O) groups is 1. The maximum Gasteiger partial charge on any atom is 0.255 e. The highest BCUT2D eigenvalue weighted by molar-refractivity contribution is 6.42. The van der Waals surface area contributed by atoms with Gasteiger partial charge in [-0.3, -0.25) is 4.79 Å². The van der Waals surface area contributed by atoms with E-state index in [0.29, 0.717) is 27.0 Å². The van der Waals surface area contributed by atoms with E-state index < -0.39 is 0 Å². The number of nitrogens with one attached hydrogen (secondary N) is 1. The zero-order valence-corrected chi connectivity index (χ0v) is 15.1. The number of halogens is 2. The number of anilines is 1. The molecule has 1 amide bonds. The van der Waals surface area contributed by atoms with Gasteiger partial charge in [0.05, 0.1) is 34.9 Å². The van der Waals surface area contributed by atoms with E-state index in [1.165, 1.54) is 6.07 Å². The summed E-state index contributed by atoms with van der Waals surface area (Å²) in [5.41, 5.74) is 2.70. The van der Waals surface area contributed by atoms with Crippen LogP contribution in [0.4, 0.5) is 5.69 Å². The molecule has 0 aliphatic heterocycles. The Bertz CT molecular complexity index is 938. The monoisotopic (exact) mass is 375 g/mol. The third-order valence-electron chi connectivity index (χ3n) is 3.61. The van der Waals surface area contributed by atoms with Gasteiger partial charge in [0, 0.05) is 17.4 Å².